The summed E-state index contributed by atoms with van der Waals surface area (Å²) in [5.41, 5.74) is 1.04. The molecule has 0 aromatic heterocycles. The average Bonchev–Trinajstić information content (AvgIpc) is 2.62. The van der Waals surface area contributed by atoms with Gasteiger partial charge in [0.25, 0.3) is 5.69 Å². The fraction of sp³-hybridized carbons (Fsp3) is 0.294. The summed E-state index contributed by atoms with van der Waals surface area (Å²) >= 11 is 0. The van der Waals surface area contributed by atoms with Crippen molar-refractivity contribution in [3.8, 4) is 0 Å². The lowest BCUT2D eigenvalue weighted by Gasteiger charge is -2.20. The van der Waals surface area contributed by atoms with Gasteiger partial charge in [-0.25, -0.2) is 13.1 Å². The van der Waals surface area contributed by atoms with Gasteiger partial charge in [-0.15, -0.1) is 0 Å². The van der Waals surface area contributed by atoms with E-state index in [9.17, 15) is 18.5 Å². The summed E-state index contributed by atoms with van der Waals surface area (Å²) in [6.07, 6.45) is 1.68. The Kier molecular flexibility index (Phi) is 6.11. The molecule has 0 saturated carbocycles. The van der Waals surface area contributed by atoms with Crippen LogP contribution in [-0.4, -0.2) is 20.4 Å². The highest BCUT2D eigenvalue weighted by Crippen LogP contribution is 2.32. The predicted molar refractivity (Wildman–Crippen MR) is 97.1 cm³/mol. The molecular weight excluding hydrogens is 342 g/mol. The van der Waals surface area contributed by atoms with Gasteiger partial charge < -0.3 is 5.32 Å². The van der Waals surface area contributed by atoms with Crippen molar-refractivity contribution in [1.82, 2.24) is 4.72 Å². The van der Waals surface area contributed by atoms with Crippen molar-refractivity contribution in [2.24, 2.45) is 0 Å². The van der Waals surface area contributed by atoms with Crippen LogP contribution in [0.5, 0.6) is 0 Å². The molecule has 7 nitrogen and oxygen atoms in total. The van der Waals surface area contributed by atoms with Crippen LogP contribution >= 0.6 is 0 Å². The highest BCUT2D eigenvalue weighted by Gasteiger charge is 2.22. The molecule has 0 amide bonds. The van der Waals surface area contributed by atoms with E-state index < -0.39 is 14.9 Å². The molecular formula is C17H21N3O4S. The van der Waals surface area contributed by atoms with E-state index in [0.717, 1.165) is 24.5 Å². The molecule has 2 N–H and O–H groups in total. The normalized spacial score (nSPS) is 12.6. The lowest BCUT2D eigenvalue weighted by atomic mass is 10.0. The van der Waals surface area contributed by atoms with Gasteiger partial charge in [-0.1, -0.05) is 43.7 Å². The van der Waals surface area contributed by atoms with Crippen LogP contribution in [0.4, 0.5) is 11.4 Å². The summed E-state index contributed by atoms with van der Waals surface area (Å²) in [5, 5.41) is 14.6. The van der Waals surface area contributed by atoms with Crippen molar-refractivity contribution >= 4 is 21.4 Å². The van der Waals surface area contributed by atoms with Gasteiger partial charge in [-0.05, 0) is 31.2 Å². The second kappa shape index (κ2) is 8.09. The molecule has 2 aromatic carbocycles. The lowest BCUT2D eigenvalue weighted by Crippen LogP contribution is -2.19. The van der Waals surface area contributed by atoms with Crippen molar-refractivity contribution in [1.29, 1.82) is 0 Å². The van der Waals surface area contributed by atoms with Crippen LogP contribution in [0.1, 0.15) is 31.4 Å². The fourth-order valence-corrected chi connectivity index (χ4v) is 3.30. The largest absolute Gasteiger partial charge is 0.373 e. The monoisotopic (exact) mass is 363 g/mol. The number of hydrogen-bond donors (Lipinski definition) is 2. The molecule has 1 unspecified atom stereocenters. The highest BCUT2D eigenvalue weighted by atomic mass is 32.2. The zero-order chi connectivity index (χ0) is 18.4. The molecule has 0 aliphatic rings. The number of hydrogen-bond acceptors (Lipinski definition) is 5. The number of nitrogens with one attached hydrogen (secondary N) is 2. The van der Waals surface area contributed by atoms with Crippen molar-refractivity contribution in [2.75, 3.05) is 12.4 Å². The minimum atomic E-state index is -3.74. The summed E-state index contributed by atoms with van der Waals surface area (Å²) in [5.74, 6) is 0. The van der Waals surface area contributed by atoms with E-state index in [1.165, 1.54) is 19.2 Å². The van der Waals surface area contributed by atoms with E-state index in [1.54, 1.807) is 0 Å². The molecule has 0 aliphatic carbocycles. The molecule has 0 bridgehead atoms. The summed E-state index contributed by atoms with van der Waals surface area (Å²) in [6.45, 7) is 2.04. The number of anilines is 1. The van der Waals surface area contributed by atoms with Crippen molar-refractivity contribution < 1.29 is 13.3 Å². The second-order valence-corrected chi connectivity index (χ2v) is 7.43. The van der Waals surface area contributed by atoms with E-state index in [0.29, 0.717) is 5.69 Å². The molecule has 0 radical (unpaired) electrons. The number of nitro benzene ring substituents is 1. The number of benzene rings is 2. The number of sulfonamides is 1. The zero-order valence-electron chi connectivity index (χ0n) is 14.1. The quantitative estimate of drug-likeness (QED) is 0.552. The van der Waals surface area contributed by atoms with Crippen LogP contribution in [0.15, 0.2) is 53.4 Å². The maximum absolute atomic E-state index is 11.9. The molecule has 134 valence electrons. The SMILES string of the molecule is CCCC(Nc1ccc(S(=O)(=O)NC)cc1[N+](=O)[O-])c1ccccc1. The van der Waals surface area contributed by atoms with E-state index in [-0.39, 0.29) is 16.6 Å². The Morgan fingerprint density at radius 2 is 1.84 bits per heavy atom. The van der Waals surface area contributed by atoms with Gasteiger partial charge in [-0.2, -0.15) is 0 Å². The Morgan fingerprint density at radius 3 is 2.40 bits per heavy atom. The molecule has 25 heavy (non-hydrogen) atoms. The maximum Gasteiger partial charge on any atom is 0.293 e. The third kappa shape index (κ3) is 4.55. The molecule has 0 aliphatic heterocycles. The van der Waals surface area contributed by atoms with Crippen LogP contribution in [0.25, 0.3) is 0 Å². The van der Waals surface area contributed by atoms with Gasteiger partial charge in [0, 0.05) is 6.07 Å². The van der Waals surface area contributed by atoms with Crippen LogP contribution in [0, 0.1) is 10.1 Å². The first-order chi connectivity index (χ1) is 11.9. The molecule has 0 heterocycles. The summed E-state index contributed by atoms with van der Waals surface area (Å²) < 4.78 is 25.9. The van der Waals surface area contributed by atoms with Crippen molar-refractivity contribution in [3.05, 3.63) is 64.2 Å². The van der Waals surface area contributed by atoms with Crippen LogP contribution in [-0.2, 0) is 10.0 Å². The van der Waals surface area contributed by atoms with Crippen LogP contribution < -0.4 is 10.0 Å². The molecule has 0 saturated heterocycles. The van der Waals surface area contributed by atoms with Crippen molar-refractivity contribution in [3.63, 3.8) is 0 Å². The molecule has 0 spiro atoms. The molecule has 2 aromatic rings. The third-order valence-electron chi connectivity index (χ3n) is 3.85. The number of rotatable bonds is 8. The van der Waals surface area contributed by atoms with E-state index >= 15 is 0 Å². The van der Waals surface area contributed by atoms with E-state index in [1.807, 2.05) is 37.3 Å². The van der Waals surface area contributed by atoms with Gasteiger partial charge in [0.2, 0.25) is 10.0 Å². The fourth-order valence-electron chi connectivity index (χ4n) is 2.55. The second-order valence-electron chi connectivity index (χ2n) is 5.54. The molecule has 8 heteroatoms. The predicted octanol–water partition coefficient (Wildman–Crippen LogP) is 3.46. The van der Waals surface area contributed by atoms with Gasteiger partial charge in [0.15, 0.2) is 0 Å². The van der Waals surface area contributed by atoms with Crippen molar-refractivity contribution in [2.45, 2.75) is 30.7 Å². The van der Waals surface area contributed by atoms with Gasteiger partial charge in [-0.3, -0.25) is 10.1 Å². The lowest BCUT2D eigenvalue weighted by molar-refractivity contribution is -0.384. The third-order valence-corrected chi connectivity index (χ3v) is 5.27. The van der Waals surface area contributed by atoms with E-state index in [2.05, 4.69) is 10.0 Å². The first-order valence-electron chi connectivity index (χ1n) is 7.92. The summed E-state index contributed by atoms with van der Waals surface area (Å²) in [6, 6.07) is 13.4. The smallest absolute Gasteiger partial charge is 0.293 e. The van der Waals surface area contributed by atoms with Gasteiger partial charge in [0.05, 0.1) is 15.9 Å². The Hall–Kier alpha value is -2.45. The Bertz CT molecular complexity index is 838. The standard InChI is InChI=1S/C17H21N3O4S/c1-3-7-15(13-8-5-4-6-9-13)19-16-11-10-14(25(23,24)18-2)12-17(16)20(21)22/h4-6,8-12,15,18-19H,3,7H2,1-2H3. The minimum Gasteiger partial charge on any atom is -0.373 e. The Balaban J connectivity index is 2.42. The first-order valence-corrected chi connectivity index (χ1v) is 9.40. The number of nitrogens with zero attached hydrogens (tertiary/aromatic N) is 1. The first kappa shape index (κ1) is 18.9. The topological polar surface area (TPSA) is 101 Å². The zero-order valence-corrected chi connectivity index (χ0v) is 14.9. The maximum atomic E-state index is 11.9. The summed E-state index contributed by atoms with van der Waals surface area (Å²) in [7, 11) is -2.48. The molecule has 0 fully saturated rings. The molecule has 1 atom stereocenters. The van der Waals surface area contributed by atoms with Crippen LogP contribution in [0.2, 0.25) is 0 Å². The molecule has 2 rings (SSSR count). The Morgan fingerprint density at radius 1 is 1.16 bits per heavy atom. The average molecular weight is 363 g/mol. The minimum absolute atomic E-state index is 0.100. The van der Waals surface area contributed by atoms with Crippen LogP contribution in [0.3, 0.4) is 0 Å². The summed E-state index contributed by atoms with van der Waals surface area (Å²) in [4.78, 5) is 10.7. The number of nitro groups is 1. The Labute approximate surface area is 147 Å². The van der Waals surface area contributed by atoms with Gasteiger partial charge in [0.1, 0.15) is 5.69 Å². The highest BCUT2D eigenvalue weighted by molar-refractivity contribution is 7.89. The van der Waals surface area contributed by atoms with Gasteiger partial charge >= 0.3 is 0 Å². The van der Waals surface area contributed by atoms with E-state index in [4.69, 9.17) is 0 Å².